The summed E-state index contributed by atoms with van der Waals surface area (Å²) in [7, 11) is 3.21. The molecule has 2 aliphatic rings. The normalized spacial score (nSPS) is 21.4. The van der Waals surface area contributed by atoms with Crippen molar-refractivity contribution in [2.45, 2.75) is 44.7 Å². The molecule has 1 saturated heterocycles. The molecule has 0 aromatic heterocycles. The highest BCUT2D eigenvalue weighted by Gasteiger charge is 2.36. The predicted molar refractivity (Wildman–Crippen MR) is 122 cm³/mol. The van der Waals surface area contributed by atoms with Gasteiger partial charge >= 0.3 is 0 Å². The lowest BCUT2D eigenvalue weighted by Crippen LogP contribution is -2.44. The fraction of sp³-hybridized carbons (Fsp3) is 0.440. The van der Waals surface area contributed by atoms with Gasteiger partial charge in [0.15, 0.2) is 0 Å². The summed E-state index contributed by atoms with van der Waals surface area (Å²) < 4.78 is 24.4. The molecule has 7 heteroatoms. The summed E-state index contributed by atoms with van der Waals surface area (Å²) in [4.78, 5) is 15.7. The number of likely N-dealkylation sites (tertiary alicyclic amines) is 1. The fourth-order valence-electron chi connectivity index (χ4n) is 4.53. The Hall–Kier alpha value is -2.93. The fourth-order valence-corrected chi connectivity index (χ4v) is 4.53. The Bertz CT molecular complexity index is 992. The van der Waals surface area contributed by atoms with E-state index < -0.39 is 0 Å². The van der Waals surface area contributed by atoms with E-state index >= 15 is 0 Å². The van der Waals surface area contributed by atoms with Crippen LogP contribution in [0.1, 0.15) is 49.8 Å². The summed E-state index contributed by atoms with van der Waals surface area (Å²) in [6, 6.07) is 11.9. The molecule has 2 aromatic carbocycles. The molecule has 2 heterocycles. The molecule has 0 N–H and O–H groups in total. The van der Waals surface area contributed by atoms with Crippen LogP contribution in [0.4, 0.5) is 4.39 Å². The summed E-state index contributed by atoms with van der Waals surface area (Å²) in [5, 5.41) is 6.31. The van der Waals surface area contributed by atoms with Crippen molar-refractivity contribution >= 4 is 11.6 Å². The molecule has 0 radical (unpaired) electrons. The van der Waals surface area contributed by atoms with Crippen molar-refractivity contribution in [2.75, 3.05) is 27.3 Å². The van der Waals surface area contributed by atoms with Crippen molar-refractivity contribution in [3.05, 3.63) is 59.4 Å². The minimum Gasteiger partial charge on any atom is -0.497 e. The molecule has 2 unspecified atom stereocenters. The number of ether oxygens (including phenoxy) is 2. The molecule has 1 amide bonds. The van der Waals surface area contributed by atoms with Crippen LogP contribution in [0.2, 0.25) is 0 Å². The van der Waals surface area contributed by atoms with Crippen LogP contribution in [0.5, 0.6) is 11.5 Å². The van der Waals surface area contributed by atoms with E-state index in [0.717, 1.165) is 36.2 Å². The highest BCUT2D eigenvalue weighted by atomic mass is 19.1. The van der Waals surface area contributed by atoms with Gasteiger partial charge in [0, 0.05) is 24.1 Å². The van der Waals surface area contributed by atoms with Crippen LogP contribution in [0.25, 0.3) is 0 Å². The lowest BCUT2D eigenvalue weighted by atomic mass is 9.97. The van der Waals surface area contributed by atoms with E-state index in [1.54, 1.807) is 31.4 Å². The summed E-state index contributed by atoms with van der Waals surface area (Å²) in [5.41, 5.74) is 2.44. The molecular formula is C25H30FN3O3. The van der Waals surface area contributed by atoms with Gasteiger partial charge in [-0.1, -0.05) is 18.6 Å². The minimum absolute atomic E-state index is 0.0428. The van der Waals surface area contributed by atoms with Gasteiger partial charge in [-0.05, 0) is 56.1 Å². The van der Waals surface area contributed by atoms with E-state index in [1.165, 1.54) is 18.6 Å². The van der Waals surface area contributed by atoms with Crippen LogP contribution in [-0.4, -0.2) is 54.9 Å². The van der Waals surface area contributed by atoms with Gasteiger partial charge in [-0.25, -0.2) is 9.40 Å². The molecule has 4 rings (SSSR count). The number of hydrogen-bond acceptors (Lipinski definition) is 5. The van der Waals surface area contributed by atoms with Gasteiger partial charge < -0.3 is 9.47 Å². The van der Waals surface area contributed by atoms with Crippen LogP contribution >= 0.6 is 0 Å². The van der Waals surface area contributed by atoms with E-state index in [1.807, 2.05) is 18.2 Å². The van der Waals surface area contributed by atoms with Crippen molar-refractivity contribution in [1.82, 2.24) is 9.91 Å². The average molecular weight is 440 g/mol. The number of benzene rings is 2. The Labute approximate surface area is 188 Å². The number of hydrazone groups is 1. The molecule has 0 bridgehead atoms. The zero-order valence-electron chi connectivity index (χ0n) is 18.9. The SMILES string of the molecule is COc1ccc(C2CC(c3ccc(F)cc3)=NN2C(=O)CN2CCCCC2C)c(OC)c1. The molecule has 2 aliphatic heterocycles. The highest BCUT2D eigenvalue weighted by molar-refractivity contribution is 6.03. The first-order chi connectivity index (χ1) is 15.5. The van der Waals surface area contributed by atoms with Crippen LogP contribution in [-0.2, 0) is 4.79 Å². The summed E-state index contributed by atoms with van der Waals surface area (Å²) in [5.74, 6) is 0.990. The number of halogens is 1. The number of nitrogens with zero attached hydrogens (tertiary/aromatic N) is 3. The van der Waals surface area contributed by atoms with Gasteiger partial charge in [0.25, 0.3) is 5.91 Å². The lowest BCUT2D eigenvalue weighted by molar-refractivity contribution is -0.135. The Morgan fingerprint density at radius 1 is 1.12 bits per heavy atom. The Balaban J connectivity index is 1.66. The maximum absolute atomic E-state index is 13.4. The second-order valence-corrected chi connectivity index (χ2v) is 8.43. The first kappa shape index (κ1) is 22.3. The molecule has 32 heavy (non-hydrogen) atoms. The summed E-state index contributed by atoms with van der Waals surface area (Å²) in [6.45, 7) is 3.43. The second kappa shape index (κ2) is 9.69. The molecule has 6 nitrogen and oxygen atoms in total. The number of rotatable bonds is 6. The molecule has 0 spiro atoms. The monoisotopic (exact) mass is 439 g/mol. The van der Waals surface area contributed by atoms with Gasteiger partial charge in [-0.3, -0.25) is 9.69 Å². The Morgan fingerprint density at radius 2 is 1.91 bits per heavy atom. The molecule has 2 aromatic rings. The quantitative estimate of drug-likeness (QED) is 0.670. The second-order valence-electron chi connectivity index (χ2n) is 8.43. The van der Waals surface area contributed by atoms with Gasteiger partial charge in [-0.2, -0.15) is 5.10 Å². The third-order valence-electron chi connectivity index (χ3n) is 6.42. The molecule has 0 saturated carbocycles. The van der Waals surface area contributed by atoms with Gasteiger partial charge in [0.2, 0.25) is 0 Å². The molecule has 170 valence electrons. The predicted octanol–water partition coefficient (Wildman–Crippen LogP) is 4.40. The van der Waals surface area contributed by atoms with Crippen molar-refractivity contribution in [2.24, 2.45) is 5.10 Å². The highest BCUT2D eigenvalue weighted by Crippen LogP contribution is 2.39. The molecule has 0 aliphatic carbocycles. The van der Waals surface area contributed by atoms with Gasteiger partial charge in [0.05, 0.1) is 32.5 Å². The first-order valence-electron chi connectivity index (χ1n) is 11.1. The Morgan fingerprint density at radius 3 is 2.59 bits per heavy atom. The van der Waals surface area contributed by atoms with Crippen molar-refractivity contribution in [1.29, 1.82) is 0 Å². The third kappa shape index (κ3) is 4.63. The standard InChI is InChI=1S/C25H30FN3O3/c1-17-6-4-5-13-28(17)16-25(30)29-23(21-12-11-20(31-2)14-24(21)32-3)15-22(27-29)18-7-9-19(26)10-8-18/h7-12,14,17,23H,4-6,13,15-16H2,1-3H3. The van der Waals surface area contributed by atoms with Crippen LogP contribution in [0, 0.1) is 5.82 Å². The van der Waals surface area contributed by atoms with Gasteiger partial charge in [0.1, 0.15) is 17.3 Å². The molecule has 2 atom stereocenters. The van der Waals surface area contributed by atoms with Crippen molar-refractivity contribution in [3.63, 3.8) is 0 Å². The minimum atomic E-state index is -0.302. The smallest absolute Gasteiger partial charge is 0.257 e. The van der Waals surface area contributed by atoms with E-state index in [0.29, 0.717) is 30.5 Å². The molecule has 1 fully saturated rings. The third-order valence-corrected chi connectivity index (χ3v) is 6.42. The number of carbonyl (C=O) groups is 1. The topological polar surface area (TPSA) is 54.4 Å². The number of methoxy groups -OCH3 is 2. The van der Waals surface area contributed by atoms with E-state index in [-0.39, 0.29) is 17.8 Å². The number of amides is 1. The van der Waals surface area contributed by atoms with Gasteiger partial charge in [-0.15, -0.1) is 0 Å². The van der Waals surface area contributed by atoms with Crippen molar-refractivity contribution < 1.29 is 18.7 Å². The maximum Gasteiger partial charge on any atom is 0.257 e. The number of carbonyl (C=O) groups excluding carboxylic acids is 1. The van der Waals surface area contributed by atoms with Crippen molar-refractivity contribution in [3.8, 4) is 11.5 Å². The molecular weight excluding hydrogens is 409 g/mol. The summed E-state index contributed by atoms with van der Waals surface area (Å²) in [6.07, 6.45) is 3.94. The largest absolute Gasteiger partial charge is 0.497 e. The zero-order valence-corrected chi connectivity index (χ0v) is 18.9. The average Bonchev–Trinajstić information content (AvgIpc) is 3.26. The maximum atomic E-state index is 13.4. The zero-order chi connectivity index (χ0) is 22.7. The van der Waals surface area contributed by atoms with Crippen LogP contribution in [0.15, 0.2) is 47.6 Å². The van der Waals surface area contributed by atoms with E-state index in [2.05, 4.69) is 11.8 Å². The number of piperidine rings is 1. The summed E-state index contributed by atoms with van der Waals surface area (Å²) >= 11 is 0. The van der Waals surface area contributed by atoms with E-state index in [9.17, 15) is 9.18 Å². The van der Waals surface area contributed by atoms with Crippen LogP contribution in [0.3, 0.4) is 0 Å². The lowest BCUT2D eigenvalue weighted by Gasteiger charge is -2.34. The number of hydrogen-bond donors (Lipinski definition) is 0. The first-order valence-corrected chi connectivity index (χ1v) is 11.1. The van der Waals surface area contributed by atoms with Crippen LogP contribution < -0.4 is 9.47 Å². The van der Waals surface area contributed by atoms with E-state index in [4.69, 9.17) is 14.6 Å². The Kier molecular flexibility index (Phi) is 6.74.